The van der Waals surface area contributed by atoms with Crippen molar-refractivity contribution < 1.29 is 9.90 Å². The molecular weight excluding hydrogens is 242 g/mol. The highest BCUT2D eigenvalue weighted by Gasteiger charge is 2.18. The first-order valence-corrected chi connectivity index (χ1v) is 6.26. The van der Waals surface area contributed by atoms with Crippen molar-refractivity contribution in [3.63, 3.8) is 0 Å². The van der Waals surface area contributed by atoms with E-state index in [1.54, 1.807) is 12.1 Å². The van der Waals surface area contributed by atoms with Crippen LogP contribution in [0.5, 0.6) is 0 Å². The van der Waals surface area contributed by atoms with Crippen LogP contribution < -0.4 is 5.32 Å². The first-order chi connectivity index (χ1) is 8.93. The van der Waals surface area contributed by atoms with Crippen LogP contribution in [0.15, 0.2) is 18.2 Å². The number of hydrogen-bond acceptors (Lipinski definition) is 4. The molecule has 102 valence electrons. The number of anilines is 1. The van der Waals surface area contributed by atoms with E-state index in [9.17, 15) is 4.79 Å². The Morgan fingerprint density at radius 1 is 1.47 bits per heavy atom. The van der Waals surface area contributed by atoms with E-state index in [1.807, 2.05) is 12.1 Å². The summed E-state index contributed by atoms with van der Waals surface area (Å²) >= 11 is 0. The van der Waals surface area contributed by atoms with Crippen LogP contribution in [-0.4, -0.2) is 22.6 Å². The van der Waals surface area contributed by atoms with Gasteiger partial charge in [-0.15, -0.1) is 0 Å². The SMILES string of the molecule is CC(C)(CCNc1cccc(C#N)n1)CCC(=O)O. The highest BCUT2D eigenvalue weighted by molar-refractivity contribution is 5.66. The average molecular weight is 261 g/mol. The minimum Gasteiger partial charge on any atom is -0.481 e. The van der Waals surface area contributed by atoms with Crippen molar-refractivity contribution >= 4 is 11.8 Å². The molecule has 0 aliphatic heterocycles. The summed E-state index contributed by atoms with van der Waals surface area (Å²) in [7, 11) is 0. The molecule has 0 amide bonds. The molecule has 0 aliphatic rings. The van der Waals surface area contributed by atoms with Gasteiger partial charge in [-0.1, -0.05) is 19.9 Å². The van der Waals surface area contributed by atoms with Crippen LogP contribution in [0, 0.1) is 16.7 Å². The highest BCUT2D eigenvalue weighted by Crippen LogP contribution is 2.26. The number of carboxylic acids is 1. The van der Waals surface area contributed by atoms with Gasteiger partial charge in [0.15, 0.2) is 0 Å². The normalized spacial score (nSPS) is 10.8. The van der Waals surface area contributed by atoms with Gasteiger partial charge < -0.3 is 10.4 Å². The molecular formula is C14H19N3O2. The smallest absolute Gasteiger partial charge is 0.303 e. The van der Waals surface area contributed by atoms with Crippen molar-refractivity contribution in [1.29, 1.82) is 5.26 Å². The lowest BCUT2D eigenvalue weighted by Gasteiger charge is -2.23. The van der Waals surface area contributed by atoms with Crippen molar-refractivity contribution in [3.8, 4) is 6.07 Å². The Bertz CT molecular complexity index is 478. The summed E-state index contributed by atoms with van der Waals surface area (Å²) in [4.78, 5) is 14.7. The second-order valence-electron chi connectivity index (χ2n) is 5.25. The number of rotatable bonds is 7. The second-order valence-corrected chi connectivity index (χ2v) is 5.25. The Kier molecular flexibility index (Phi) is 5.31. The number of aliphatic carboxylic acids is 1. The van der Waals surface area contributed by atoms with E-state index in [0.29, 0.717) is 24.5 Å². The Hall–Kier alpha value is -2.09. The van der Waals surface area contributed by atoms with Crippen LogP contribution >= 0.6 is 0 Å². The average Bonchev–Trinajstić information content (AvgIpc) is 2.37. The quantitative estimate of drug-likeness (QED) is 0.788. The number of nitrogens with one attached hydrogen (secondary N) is 1. The summed E-state index contributed by atoms with van der Waals surface area (Å²) in [5.41, 5.74) is 0.355. The maximum Gasteiger partial charge on any atom is 0.303 e. The lowest BCUT2D eigenvalue weighted by Crippen LogP contribution is -2.18. The van der Waals surface area contributed by atoms with Crippen LogP contribution in [0.3, 0.4) is 0 Å². The van der Waals surface area contributed by atoms with Gasteiger partial charge >= 0.3 is 5.97 Å². The van der Waals surface area contributed by atoms with Gasteiger partial charge in [-0.05, 0) is 30.4 Å². The predicted molar refractivity (Wildman–Crippen MR) is 72.7 cm³/mol. The molecule has 0 radical (unpaired) electrons. The second kappa shape index (κ2) is 6.74. The Balaban J connectivity index is 2.40. The summed E-state index contributed by atoms with van der Waals surface area (Å²) in [5.74, 6) is -0.0856. The van der Waals surface area contributed by atoms with Crippen LogP contribution in [-0.2, 0) is 4.79 Å². The first-order valence-electron chi connectivity index (χ1n) is 6.26. The highest BCUT2D eigenvalue weighted by atomic mass is 16.4. The number of carboxylic acid groups (broad SMARTS) is 1. The van der Waals surface area contributed by atoms with E-state index in [1.165, 1.54) is 0 Å². The molecule has 0 saturated carbocycles. The fourth-order valence-electron chi connectivity index (χ4n) is 1.69. The third kappa shape index (κ3) is 5.87. The zero-order chi connectivity index (χ0) is 14.3. The molecule has 0 aliphatic carbocycles. The molecule has 2 N–H and O–H groups in total. The maximum atomic E-state index is 10.6. The summed E-state index contributed by atoms with van der Waals surface area (Å²) in [6.45, 7) is 4.81. The molecule has 0 aromatic carbocycles. The lowest BCUT2D eigenvalue weighted by atomic mass is 9.84. The van der Waals surface area contributed by atoms with Crippen LogP contribution in [0.1, 0.15) is 38.8 Å². The minimum atomic E-state index is -0.760. The Morgan fingerprint density at radius 3 is 2.84 bits per heavy atom. The Labute approximate surface area is 113 Å². The fraction of sp³-hybridized carbons (Fsp3) is 0.500. The molecule has 0 fully saturated rings. The summed E-state index contributed by atoms with van der Waals surface area (Å²) in [6, 6.07) is 7.24. The van der Waals surface area contributed by atoms with Gasteiger partial charge in [-0.3, -0.25) is 4.79 Å². The van der Waals surface area contributed by atoms with Gasteiger partial charge in [-0.25, -0.2) is 4.98 Å². The molecule has 0 atom stereocenters. The number of pyridine rings is 1. The topological polar surface area (TPSA) is 86.0 Å². The summed E-state index contributed by atoms with van der Waals surface area (Å²) < 4.78 is 0. The van der Waals surface area contributed by atoms with Gasteiger partial charge in [0.25, 0.3) is 0 Å². The predicted octanol–water partition coefficient (Wildman–Crippen LogP) is 2.65. The molecule has 1 heterocycles. The molecule has 5 heteroatoms. The molecule has 1 aromatic rings. The Morgan fingerprint density at radius 2 is 2.21 bits per heavy atom. The van der Waals surface area contributed by atoms with Gasteiger partial charge in [0.2, 0.25) is 0 Å². The van der Waals surface area contributed by atoms with Gasteiger partial charge in [0, 0.05) is 13.0 Å². The molecule has 1 rings (SSSR count). The van der Waals surface area contributed by atoms with Gasteiger partial charge in [-0.2, -0.15) is 5.26 Å². The number of carbonyl (C=O) groups is 1. The summed E-state index contributed by atoms with van der Waals surface area (Å²) in [5, 5.41) is 20.6. The lowest BCUT2D eigenvalue weighted by molar-refractivity contribution is -0.137. The van der Waals surface area contributed by atoms with E-state index < -0.39 is 5.97 Å². The van der Waals surface area contributed by atoms with Crippen molar-refractivity contribution in [1.82, 2.24) is 4.98 Å². The van der Waals surface area contributed by atoms with E-state index in [4.69, 9.17) is 10.4 Å². The van der Waals surface area contributed by atoms with E-state index in [2.05, 4.69) is 24.1 Å². The third-order valence-corrected chi connectivity index (χ3v) is 2.99. The zero-order valence-corrected chi connectivity index (χ0v) is 11.3. The number of aromatic nitrogens is 1. The first kappa shape index (κ1) is 15.0. The molecule has 0 spiro atoms. The van der Waals surface area contributed by atoms with Crippen LogP contribution in [0.2, 0.25) is 0 Å². The van der Waals surface area contributed by atoms with Crippen molar-refractivity contribution in [2.45, 2.75) is 33.1 Å². The number of nitriles is 1. The standard InChI is InChI=1S/C14H19N3O2/c1-14(2,7-6-13(18)19)8-9-16-12-5-3-4-11(10-15)17-12/h3-5H,6-9H2,1-2H3,(H,16,17)(H,18,19). The monoisotopic (exact) mass is 261 g/mol. The number of hydrogen-bond donors (Lipinski definition) is 2. The van der Waals surface area contributed by atoms with Gasteiger partial charge in [0.1, 0.15) is 17.6 Å². The van der Waals surface area contributed by atoms with Crippen molar-refractivity contribution in [2.24, 2.45) is 5.41 Å². The molecule has 1 aromatic heterocycles. The van der Waals surface area contributed by atoms with Crippen LogP contribution in [0.25, 0.3) is 0 Å². The van der Waals surface area contributed by atoms with E-state index >= 15 is 0 Å². The van der Waals surface area contributed by atoms with E-state index in [0.717, 1.165) is 6.42 Å². The minimum absolute atomic E-state index is 0.0295. The fourth-order valence-corrected chi connectivity index (χ4v) is 1.69. The van der Waals surface area contributed by atoms with E-state index in [-0.39, 0.29) is 11.8 Å². The van der Waals surface area contributed by atoms with Crippen molar-refractivity contribution in [2.75, 3.05) is 11.9 Å². The zero-order valence-electron chi connectivity index (χ0n) is 11.3. The largest absolute Gasteiger partial charge is 0.481 e. The van der Waals surface area contributed by atoms with Crippen molar-refractivity contribution in [3.05, 3.63) is 23.9 Å². The third-order valence-electron chi connectivity index (χ3n) is 2.99. The molecule has 0 saturated heterocycles. The van der Waals surface area contributed by atoms with Crippen LogP contribution in [0.4, 0.5) is 5.82 Å². The molecule has 5 nitrogen and oxygen atoms in total. The molecule has 0 unspecified atom stereocenters. The van der Waals surface area contributed by atoms with Gasteiger partial charge in [0.05, 0.1) is 0 Å². The summed E-state index contributed by atoms with van der Waals surface area (Å²) in [6.07, 6.45) is 1.68. The molecule has 19 heavy (non-hydrogen) atoms. The maximum absolute atomic E-state index is 10.6. The molecule has 0 bridgehead atoms. The number of nitrogens with zero attached hydrogens (tertiary/aromatic N) is 2.